The zero-order valence-corrected chi connectivity index (χ0v) is 9.67. The number of aliphatic carboxylic acids is 1. The molecule has 0 aromatic carbocycles. The molecule has 0 radical (unpaired) electrons. The van der Waals surface area contributed by atoms with Crippen LogP contribution >= 0.6 is 0 Å². The van der Waals surface area contributed by atoms with Gasteiger partial charge in [0.1, 0.15) is 5.82 Å². The number of aryl methyl sites for hydroxylation is 1. The highest BCUT2D eigenvalue weighted by molar-refractivity contribution is 5.80. The highest BCUT2D eigenvalue weighted by Gasteiger charge is 2.30. The number of amides is 1. The van der Waals surface area contributed by atoms with Crippen LogP contribution in [0.4, 0.5) is 0 Å². The van der Waals surface area contributed by atoms with E-state index in [4.69, 9.17) is 5.11 Å². The van der Waals surface area contributed by atoms with Crippen LogP contribution in [0.3, 0.4) is 0 Å². The first kappa shape index (κ1) is 11.6. The van der Waals surface area contributed by atoms with Crippen molar-refractivity contribution in [2.75, 3.05) is 6.54 Å². The summed E-state index contributed by atoms with van der Waals surface area (Å²) in [5.41, 5.74) is 0. The number of imidazole rings is 1. The predicted molar refractivity (Wildman–Crippen MR) is 59.0 cm³/mol. The summed E-state index contributed by atoms with van der Waals surface area (Å²) < 4.78 is 1.83. The predicted octanol–water partition coefficient (Wildman–Crippen LogP) is 0.243. The number of carbonyl (C=O) groups is 2. The largest absolute Gasteiger partial charge is 0.481 e. The summed E-state index contributed by atoms with van der Waals surface area (Å²) >= 11 is 0. The number of likely N-dealkylation sites (tertiary alicyclic amines) is 1. The lowest BCUT2D eigenvalue weighted by Crippen LogP contribution is -2.42. The molecule has 92 valence electrons. The molecule has 2 heterocycles. The van der Waals surface area contributed by atoms with Crippen LogP contribution < -0.4 is 0 Å². The van der Waals surface area contributed by atoms with Gasteiger partial charge in [-0.15, -0.1) is 0 Å². The van der Waals surface area contributed by atoms with Crippen molar-refractivity contribution in [1.82, 2.24) is 14.5 Å². The summed E-state index contributed by atoms with van der Waals surface area (Å²) in [6, 6.07) is 0. The Morgan fingerprint density at radius 3 is 3.00 bits per heavy atom. The average molecular weight is 237 g/mol. The van der Waals surface area contributed by atoms with Gasteiger partial charge in [-0.25, -0.2) is 4.98 Å². The quantitative estimate of drug-likeness (QED) is 0.817. The van der Waals surface area contributed by atoms with E-state index in [9.17, 15) is 9.59 Å². The fraction of sp³-hybridized carbons (Fsp3) is 0.545. The third-order valence-electron chi connectivity index (χ3n) is 3.10. The highest BCUT2D eigenvalue weighted by atomic mass is 16.4. The number of carboxylic acids is 1. The molecule has 0 spiro atoms. The first-order chi connectivity index (χ1) is 8.08. The van der Waals surface area contributed by atoms with Crippen LogP contribution in [0.25, 0.3) is 0 Å². The second-order valence-electron chi connectivity index (χ2n) is 4.30. The Balaban J connectivity index is 2.06. The number of carboxylic acid groups (broad SMARTS) is 1. The molecular weight excluding hydrogens is 222 g/mol. The van der Waals surface area contributed by atoms with Gasteiger partial charge in [0.15, 0.2) is 0 Å². The van der Waals surface area contributed by atoms with Gasteiger partial charge in [-0.05, 0) is 6.42 Å². The normalized spacial score (nSPS) is 20.6. The molecule has 1 aromatic rings. The number of rotatable bonds is 3. The number of nitrogens with zero attached hydrogens (tertiary/aromatic N) is 3. The maximum Gasteiger partial charge on any atom is 0.308 e. The Bertz CT molecular complexity index is 441. The third-order valence-corrected chi connectivity index (χ3v) is 3.10. The van der Waals surface area contributed by atoms with Crippen molar-refractivity contribution in [1.29, 1.82) is 0 Å². The van der Waals surface area contributed by atoms with E-state index in [0.29, 0.717) is 19.4 Å². The summed E-state index contributed by atoms with van der Waals surface area (Å²) in [4.78, 5) is 28.3. The molecule has 1 aromatic heterocycles. The summed E-state index contributed by atoms with van der Waals surface area (Å²) in [6.07, 6.45) is 4.21. The van der Waals surface area contributed by atoms with E-state index in [1.54, 1.807) is 17.3 Å². The van der Waals surface area contributed by atoms with Crippen LogP contribution in [0.2, 0.25) is 0 Å². The molecule has 1 amide bonds. The summed E-state index contributed by atoms with van der Waals surface area (Å²) in [5.74, 6) is -0.509. The van der Waals surface area contributed by atoms with Crippen molar-refractivity contribution in [3.05, 3.63) is 18.2 Å². The second kappa shape index (κ2) is 4.57. The number of carbonyl (C=O) groups excluding carboxylic acids is 1. The summed E-state index contributed by atoms with van der Waals surface area (Å²) in [5, 5.41) is 8.96. The van der Waals surface area contributed by atoms with E-state index in [-0.39, 0.29) is 12.5 Å². The minimum absolute atomic E-state index is 0.00509. The molecule has 1 aliphatic rings. The minimum atomic E-state index is -0.831. The maximum atomic E-state index is 11.7. The van der Waals surface area contributed by atoms with Gasteiger partial charge in [0.2, 0.25) is 5.91 Å². The van der Waals surface area contributed by atoms with Crippen molar-refractivity contribution in [2.45, 2.75) is 19.4 Å². The molecule has 0 saturated carbocycles. The number of aromatic nitrogens is 2. The van der Waals surface area contributed by atoms with Crippen molar-refractivity contribution >= 4 is 11.9 Å². The van der Waals surface area contributed by atoms with Crippen LogP contribution in [0.1, 0.15) is 18.7 Å². The average Bonchev–Trinajstić information content (AvgIpc) is 2.67. The molecule has 2 rings (SSSR count). The molecule has 1 unspecified atom stereocenters. The molecular formula is C11H15N3O3. The van der Waals surface area contributed by atoms with E-state index < -0.39 is 11.9 Å². The van der Waals surface area contributed by atoms with E-state index >= 15 is 0 Å². The smallest absolute Gasteiger partial charge is 0.308 e. The van der Waals surface area contributed by atoms with E-state index in [1.165, 1.54) is 0 Å². The zero-order chi connectivity index (χ0) is 12.4. The fourth-order valence-electron chi connectivity index (χ4n) is 1.99. The maximum absolute atomic E-state index is 11.7. The van der Waals surface area contributed by atoms with Gasteiger partial charge in [0.25, 0.3) is 0 Å². The number of hydrogen-bond donors (Lipinski definition) is 1. The van der Waals surface area contributed by atoms with Crippen molar-refractivity contribution in [2.24, 2.45) is 13.0 Å². The zero-order valence-electron chi connectivity index (χ0n) is 9.67. The highest BCUT2D eigenvalue weighted by Crippen LogP contribution is 2.19. The molecule has 6 nitrogen and oxygen atoms in total. The lowest BCUT2D eigenvalue weighted by Gasteiger charge is -2.30. The molecule has 6 heteroatoms. The molecule has 17 heavy (non-hydrogen) atoms. The van der Waals surface area contributed by atoms with Crippen LogP contribution in [-0.2, 0) is 23.2 Å². The van der Waals surface area contributed by atoms with E-state index in [2.05, 4.69) is 4.98 Å². The molecule has 1 atom stereocenters. The molecule has 1 aliphatic heterocycles. The Hall–Kier alpha value is -1.85. The SMILES string of the molecule is Cn1ccnc1CN1CC(C(=O)O)CCC1=O. The first-order valence-corrected chi connectivity index (χ1v) is 5.54. The Morgan fingerprint density at radius 1 is 1.65 bits per heavy atom. The third kappa shape index (κ3) is 2.46. The van der Waals surface area contributed by atoms with Gasteiger partial charge in [-0.3, -0.25) is 9.59 Å². The van der Waals surface area contributed by atoms with E-state index in [0.717, 1.165) is 5.82 Å². The van der Waals surface area contributed by atoms with Gasteiger partial charge in [-0.1, -0.05) is 0 Å². The number of hydrogen-bond acceptors (Lipinski definition) is 3. The lowest BCUT2D eigenvalue weighted by molar-refractivity contribution is -0.147. The first-order valence-electron chi connectivity index (χ1n) is 5.54. The Kier molecular flexibility index (Phi) is 3.12. The molecule has 1 fully saturated rings. The molecule has 0 aliphatic carbocycles. The lowest BCUT2D eigenvalue weighted by atomic mass is 9.98. The van der Waals surface area contributed by atoms with E-state index in [1.807, 2.05) is 11.6 Å². The van der Waals surface area contributed by atoms with Crippen LogP contribution in [0.15, 0.2) is 12.4 Å². The molecule has 1 saturated heterocycles. The summed E-state index contributed by atoms with van der Waals surface area (Å²) in [7, 11) is 1.85. The minimum Gasteiger partial charge on any atom is -0.481 e. The standard InChI is InChI=1S/C11H15N3O3/c1-13-5-4-12-9(13)7-14-6-8(11(16)17)2-3-10(14)15/h4-5,8H,2-3,6-7H2,1H3,(H,16,17). The van der Waals surface area contributed by atoms with Crippen LogP contribution in [0, 0.1) is 5.92 Å². The Morgan fingerprint density at radius 2 is 2.41 bits per heavy atom. The van der Waals surface area contributed by atoms with Gasteiger partial charge in [0, 0.05) is 32.4 Å². The van der Waals surface area contributed by atoms with Gasteiger partial charge in [-0.2, -0.15) is 0 Å². The van der Waals surface area contributed by atoms with Crippen molar-refractivity contribution < 1.29 is 14.7 Å². The van der Waals surface area contributed by atoms with Gasteiger partial charge < -0.3 is 14.6 Å². The Labute approximate surface area is 98.9 Å². The summed E-state index contributed by atoms with van der Waals surface area (Å²) in [6.45, 7) is 0.660. The van der Waals surface area contributed by atoms with Crippen molar-refractivity contribution in [3.63, 3.8) is 0 Å². The second-order valence-corrected chi connectivity index (χ2v) is 4.30. The fourth-order valence-corrected chi connectivity index (χ4v) is 1.99. The number of piperidine rings is 1. The van der Waals surface area contributed by atoms with Crippen LogP contribution in [0.5, 0.6) is 0 Å². The van der Waals surface area contributed by atoms with Gasteiger partial charge in [0.05, 0.1) is 12.5 Å². The molecule has 1 N–H and O–H groups in total. The monoisotopic (exact) mass is 237 g/mol. The topological polar surface area (TPSA) is 75.4 Å². The van der Waals surface area contributed by atoms with Crippen LogP contribution in [-0.4, -0.2) is 38.0 Å². The van der Waals surface area contributed by atoms with Crippen molar-refractivity contribution in [3.8, 4) is 0 Å². The molecule has 0 bridgehead atoms. The van der Waals surface area contributed by atoms with Gasteiger partial charge >= 0.3 is 5.97 Å².